The molecule has 118 valence electrons. The zero-order valence-corrected chi connectivity index (χ0v) is 14.4. The molecule has 2 aliphatic rings. The Morgan fingerprint density at radius 3 is 2.05 bits per heavy atom. The molecule has 0 aliphatic carbocycles. The largest absolute Gasteiger partial charge is 0.368 e. The molecule has 1 unspecified atom stereocenters. The minimum atomic E-state index is -0.211. The van der Waals surface area contributed by atoms with E-state index in [0.29, 0.717) is 6.54 Å². The maximum Gasteiger partial charge on any atom is 0.0830 e. The second-order valence-electron chi connectivity index (χ2n) is 8.44. The monoisotopic (exact) mass is 283 g/mol. The second-order valence-corrected chi connectivity index (χ2v) is 8.44. The molecule has 2 rings (SSSR count). The lowest BCUT2D eigenvalue weighted by Crippen LogP contribution is -2.70. The van der Waals surface area contributed by atoms with Crippen LogP contribution in [-0.2, 0) is 4.74 Å². The summed E-state index contributed by atoms with van der Waals surface area (Å²) in [4.78, 5) is 5.05. The van der Waals surface area contributed by atoms with Gasteiger partial charge in [0.05, 0.1) is 16.7 Å². The Bertz CT molecular complexity index is 378. The van der Waals surface area contributed by atoms with Gasteiger partial charge in [-0.3, -0.25) is 9.80 Å². The number of hydrogen-bond donors (Lipinski definition) is 1. The molecular weight excluding hydrogens is 250 g/mol. The summed E-state index contributed by atoms with van der Waals surface area (Å²) < 4.78 is 6.36. The van der Waals surface area contributed by atoms with Gasteiger partial charge in [-0.2, -0.15) is 0 Å². The summed E-state index contributed by atoms with van der Waals surface area (Å²) >= 11 is 0. The minimum Gasteiger partial charge on any atom is -0.368 e. The van der Waals surface area contributed by atoms with Crippen molar-refractivity contribution in [3.8, 4) is 0 Å². The predicted octanol–water partition coefficient (Wildman–Crippen LogP) is 1.69. The predicted molar refractivity (Wildman–Crippen MR) is 83.9 cm³/mol. The van der Waals surface area contributed by atoms with Gasteiger partial charge in [0.25, 0.3) is 0 Å². The second kappa shape index (κ2) is 4.67. The molecule has 0 bridgehead atoms. The molecule has 0 saturated carbocycles. The molecule has 2 fully saturated rings. The number of piperazine rings is 1. The highest BCUT2D eigenvalue weighted by Crippen LogP contribution is 2.48. The van der Waals surface area contributed by atoms with Crippen molar-refractivity contribution in [2.24, 2.45) is 5.73 Å². The van der Waals surface area contributed by atoms with E-state index >= 15 is 0 Å². The van der Waals surface area contributed by atoms with Crippen LogP contribution in [0.3, 0.4) is 0 Å². The van der Waals surface area contributed by atoms with E-state index in [9.17, 15) is 0 Å². The Kier molecular flexibility index (Phi) is 3.78. The summed E-state index contributed by atoms with van der Waals surface area (Å²) in [7, 11) is 2.21. The van der Waals surface area contributed by atoms with Crippen molar-refractivity contribution in [3.63, 3.8) is 0 Å². The van der Waals surface area contributed by atoms with Crippen LogP contribution in [0.4, 0.5) is 0 Å². The standard InChI is InChI=1S/C16H33N3O/c1-13(2)12-19(9-8-18(13)7)16(11-17)10-14(3,4)20-15(16,5)6/h8-12,17H2,1-7H3. The molecule has 0 aromatic heterocycles. The van der Waals surface area contributed by atoms with E-state index in [1.807, 2.05) is 0 Å². The SMILES string of the molecule is CN1CCN(C2(CN)CC(C)(C)OC2(C)C)CC1(C)C. The van der Waals surface area contributed by atoms with Gasteiger partial charge in [-0.15, -0.1) is 0 Å². The van der Waals surface area contributed by atoms with E-state index in [2.05, 4.69) is 58.4 Å². The first-order chi connectivity index (χ1) is 8.96. The van der Waals surface area contributed by atoms with Gasteiger partial charge in [0.1, 0.15) is 0 Å². The van der Waals surface area contributed by atoms with Crippen LogP contribution in [0.5, 0.6) is 0 Å². The first-order valence-electron chi connectivity index (χ1n) is 7.82. The number of rotatable bonds is 2. The average molecular weight is 283 g/mol. The number of hydrogen-bond acceptors (Lipinski definition) is 4. The fourth-order valence-electron chi connectivity index (χ4n) is 4.28. The number of ether oxygens (including phenoxy) is 1. The number of nitrogens with two attached hydrogens (primary N) is 1. The number of likely N-dealkylation sites (N-methyl/N-ethyl adjacent to an activating group) is 1. The Balaban J connectivity index is 2.33. The van der Waals surface area contributed by atoms with Crippen LogP contribution in [-0.4, -0.2) is 65.3 Å². The highest BCUT2D eigenvalue weighted by atomic mass is 16.5. The molecular formula is C16H33N3O. The van der Waals surface area contributed by atoms with E-state index < -0.39 is 0 Å². The minimum absolute atomic E-state index is 0.0605. The van der Waals surface area contributed by atoms with Crippen molar-refractivity contribution in [3.05, 3.63) is 0 Å². The van der Waals surface area contributed by atoms with Crippen molar-refractivity contribution in [2.45, 2.75) is 70.2 Å². The molecule has 2 N–H and O–H groups in total. The molecule has 0 aromatic rings. The lowest BCUT2D eigenvalue weighted by Gasteiger charge is -2.55. The van der Waals surface area contributed by atoms with E-state index in [1.54, 1.807) is 0 Å². The lowest BCUT2D eigenvalue weighted by atomic mass is 9.76. The third-order valence-corrected chi connectivity index (χ3v) is 5.63. The summed E-state index contributed by atoms with van der Waals surface area (Å²) in [5, 5.41) is 0. The quantitative estimate of drug-likeness (QED) is 0.837. The van der Waals surface area contributed by atoms with E-state index in [0.717, 1.165) is 26.1 Å². The van der Waals surface area contributed by atoms with Gasteiger partial charge in [0.2, 0.25) is 0 Å². The zero-order chi connectivity index (χ0) is 15.4. The molecule has 0 spiro atoms. The van der Waals surface area contributed by atoms with Gasteiger partial charge in [-0.05, 0) is 55.0 Å². The maximum atomic E-state index is 6.36. The topological polar surface area (TPSA) is 41.7 Å². The van der Waals surface area contributed by atoms with Crippen LogP contribution >= 0.6 is 0 Å². The van der Waals surface area contributed by atoms with Gasteiger partial charge in [-0.25, -0.2) is 0 Å². The van der Waals surface area contributed by atoms with Crippen molar-refractivity contribution >= 4 is 0 Å². The summed E-state index contributed by atoms with van der Waals surface area (Å²) in [6.07, 6.45) is 1.00. The molecule has 0 amide bonds. The van der Waals surface area contributed by atoms with Crippen LogP contribution < -0.4 is 5.73 Å². The molecule has 0 radical (unpaired) electrons. The molecule has 0 aromatic carbocycles. The van der Waals surface area contributed by atoms with Crippen molar-refractivity contribution in [2.75, 3.05) is 33.2 Å². The van der Waals surface area contributed by atoms with Crippen molar-refractivity contribution < 1.29 is 4.74 Å². The van der Waals surface area contributed by atoms with Gasteiger partial charge >= 0.3 is 0 Å². The lowest BCUT2D eigenvalue weighted by molar-refractivity contribution is -0.119. The Morgan fingerprint density at radius 2 is 1.65 bits per heavy atom. The fraction of sp³-hybridized carbons (Fsp3) is 1.00. The average Bonchev–Trinajstić information content (AvgIpc) is 2.47. The Morgan fingerprint density at radius 1 is 1.05 bits per heavy atom. The first-order valence-corrected chi connectivity index (χ1v) is 7.82. The van der Waals surface area contributed by atoms with Gasteiger partial charge in [0.15, 0.2) is 0 Å². The van der Waals surface area contributed by atoms with Gasteiger partial charge in [-0.1, -0.05) is 0 Å². The summed E-state index contributed by atoms with van der Waals surface area (Å²) in [5.74, 6) is 0. The van der Waals surface area contributed by atoms with Gasteiger partial charge in [0, 0.05) is 31.7 Å². The molecule has 1 atom stereocenters. The van der Waals surface area contributed by atoms with E-state index in [1.165, 1.54) is 0 Å². The van der Waals surface area contributed by atoms with Crippen LogP contribution in [0.15, 0.2) is 0 Å². The maximum absolute atomic E-state index is 6.36. The van der Waals surface area contributed by atoms with Crippen molar-refractivity contribution in [1.29, 1.82) is 0 Å². The molecule has 20 heavy (non-hydrogen) atoms. The van der Waals surface area contributed by atoms with Crippen LogP contribution in [0.25, 0.3) is 0 Å². The highest BCUT2D eigenvalue weighted by molar-refractivity contribution is 5.14. The first kappa shape index (κ1) is 16.2. The third-order valence-electron chi connectivity index (χ3n) is 5.63. The summed E-state index contributed by atoms with van der Waals surface area (Å²) in [5.41, 5.74) is 6.10. The zero-order valence-electron chi connectivity index (χ0n) is 14.4. The summed E-state index contributed by atoms with van der Waals surface area (Å²) in [6.45, 7) is 17.3. The van der Waals surface area contributed by atoms with E-state index in [4.69, 9.17) is 10.5 Å². The molecule has 2 saturated heterocycles. The molecule has 4 nitrogen and oxygen atoms in total. The van der Waals surface area contributed by atoms with E-state index in [-0.39, 0.29) is 22.3 Å². The van der Waals surface area contributed by atoms with Gasteiger partial charge < -0.3 is 10.5 Å². The Labute approximate surface area is 124 Å². The van der Waals surface area contributed by atoms with Crippen LogP contribution in [0.1, 0.15) is 48.0 Å². The normalized spacial score (nSPS) is 37.2. The highest BCUT2D eigenvalue weighted by Gasteiger charge is 2.60. The third kappa shape index (κ3) is 2.41. The molecule has 4 heteroatoms. The molecule has 2 aliphatic heterocycles. The van der Waals surface area contributed by atoms with Crippen LogP contribution in [0.2, 0.25) is 0 Å². The fourth-order valence-corrected chi connectivity index (χ4v) is 4.28. The Hall–Kier alpha value is -0.160. The smallest absolute Gasteiger partial charge is 0.0830 e. The van der Waals surface area contributed by atoms with Crippen LogP contribution in [0, 0.1) is 0 Å². The summed E-state index contributed by atoms with van der Waals surface area (Å²) in [6, 6.07) is 0. The van der Waals surface area contributed by atoms with Crippen molar-refractivity contribution in [1.82, 2.24) is 9.80 Å². The molecule has 2 heterocycles. The number of nitrogens with zero attached hydrogens (tertiary/aromatic N) is 2.